The maximum absolute atomic E-state index is 12.7. The van der Waals surface area contributed by atoms with Crippen LogP contribution in [0, 0.1) is 0 Å². The summed E-state index contributed by atoms with van der Waals surface area (Å²) < 4.78 is 16.5. The Morgan fingerprint density at radius 1 is 1.17 bits per heavy atom. The van der Waals surface area contributed by atoms with E-state index in [1.165, 1.54) is 11.3 Å². The molecule has 4 aromatic rings. The summed E-state index contributed by atoms with van der Waals surface area (Å²) in [5.74, 6) is 2.27. The Bertz CT molecular complexity index is 1150. The number of nitrogens with zero attached hydrogens (tertiary/aromatic N) is 2. The molecule has 0 amide bonds. The van der Waals surface area contributed by atoms with E-state index in [1.54, 1.807) is 20.5 Å². The number of aromatic amines is 1. The van der Waals surface area contributed by atoms with Crippen molar-refractivity contribution in [2.45, 2.75) is 13.1 Å². The van der Waals surface area contributed by atoms with Gasteiger partial charge in [0.2, 0.25) is 0 Å². The summed E-state index contributed by atoms with van der Waals surface area (Å²) in [7, 11) is 3.31. The Morgan fingerprint density at radius 3 is 2.70 bits per heavy atom. The molecule has 7 nitrogen and oxygen atoms in total. The van der Waals surface area contributed by atoms with E-state index >= 15 is 0 Å². The highest BCUT2D eigenvalue weighted by atomic mass is 32.1. The number of rotatable bonds is 9. The number of ether oxygens (including phenoxy) is 2. The number of nitrogens with one attached hydrogen (secondary N) is 1. The Labute approximate surface area is 177 Å². The minimum atomic E-state index is -0.121. The van der Waals surface area contributed by atoms with Gasteiger partial charge in [-0.1, -0.05) is 0 Å². The van der Waals surface area contributed by atoms with Gasteiger partial charge in [-0.15, -0.1) is 11.3 Å². The largest absolute Gasteiger partial charge is 0.497 e. The molecule has 156 valence electrons. The predicted octanol–water partition coefficient (Wildman–Crippen LogP) is 3.90. The molecule has 0 aliphatic carbocycles. The number of H-pyrrole nitrogens is 1. The van der Waals surface area contributed by atoms with Crippen LogP contribution in [0.1, 0.15) is 11.6 Å². The molecule has 0 unspecified atom stereocenters. The average molecular weight is 426 g/mol. The van der Waals surface area contributed by atoms with Gasteiger partial charge in [0.15, 0.2) is 0 Å². The van der Waals surface area contributed by atoms with E-state index in [0.717, 1.165) is 22.0 Å². The van der Waals surface area contributed by atoms with Gasteiger partial charge in [-0.05, 0) is 48.0 Å². The number of thiophene rings is 1. The summed E-state index contributed by atoms with van der Waals surface area (Å²) in [4.78, 5) is 23.5. The fourth-order valence-electron chi connectivity index (χ4n) is 3.23. The van der Waals surface area contributed by atoms with Gasteiger partial charge in [0.05, 0.1) is 38.6 Å². The van der Waals surface area contributed by atoms with Gasteiger partial charge >= 0.3 is 0 Å². The van der Waals surface area contributed by atoms with E-state index in [0.29, 0.717) is 42.3 Å². The minimum absolute atomic E-state index is 0.121. The first kappa shape index (κ1) is 20.3. The summed E-state index contributed by atoms with van der Waals surface area (Å²) in [6.45, 7) is 2.37. The van der Waals surface area contributed by atoms with Crippen molar-refractivity contribution in [2.24, 2.45) is 0 Å². The second kappa shape index (κ2) is 9.25. The van der Waals surface area contributed by atoms with E-state index in [-0.39, 0.29) is 5.56 Å². The quantitative estimate of drug-likeness (QED) is 0.438. The van der Waals surface area contributed by atoms with E-state index in [9.17, 15) is 4.79 Å². The van der Waals surface area contributed by atoms with Crippen LogP contribution in [0.2, 0.25) is 0 Å². The molecule has 0 atom stereocenters. The van der Waals surface area contributed by atoms with Gasteiger partial charge in [-0.25, -0.2) is 4.98 Å². The molecule has 1 N–H and O–H groups in total. The summed E-state index contributed by atoms with van der Waals surface area (Å²) in [5, 5.41) is 0. The maximum Gasteiger partial charge on any atom is 0.268 e. The van der Waals surface area contributed by atoms with Gasteiger partial charge in [0, 0.05) is 18.5 Å². The number of aromatic nitrogens is 2. The minimum Gasteiger partial charge on any atom is -0.497 e. The molecular formula is C22H23N3O4S. The molecule has 0 fully saturated rings. The zero-order valence-corrected chi connectivity index (χ0v) is 17.7. The van der Waals surface area contributed by atoms with Crippen LogP contribution >= 0.6 is 11.3 Å². The predicted molar refractivity (Wildman–Crippen MR) is 117 cm³/mol. The highest BCUT2D eigenvalue weighted by molar-refractivity contribution is 7.22. The lowest BCUT2D eigenvalue weighted by molar-refractivity contribution is 0.133. The van der Waals surface area contributed by atoms with E-state index in [4.69, 9.17) is 18.9 Å². The van der Waals surface area contributed by atoms with E-state index in [2.05, 4.69) is 9.88 Å². The second-order valence-corrected chi connectivity index (χ2v) is 7.90. The zero-order chi connectivity index (χ0) is 20.9. The third kappa shape index (κ3) is 4.62. The van der Waals surface area contributed by atoms with E-state index < -0.39 is 0 Å². The molecule has 0 saturated carbocycles. The average Bonchev–Trinajstić information content (AvgIpc) is 3.42. The SMILES string of the molecule is COCCN(Cc1nc2cc(-c3ccc(OC)cc3)sc2c(=O)[nH]1)Cc1ccco1. The lowest BCUT2D eigenvalue weighted by atomic mass is 10.2. The first-order valence-electron chi connectivity index (χ1n) is 9.57. The van der Waals surface area contributed by atoms with Crippen molar-refractivity contribution in [2.75, 3.05) is 27.4 Å². The third-order valence-electron chi connectivity index (χ3n) is 4.75. The van der Waals surface area contributed by atoms with Crippen molar-refractivity contribution < 1.29 is 13.9 Å². The Balaban J connectivity index is 1.59. The maximum atomic E-state index is 12.7. The van der Waals surface area contributed by atoms with Crippen LogP contribution in [0.25, 0.3) is 20.7 Å². The Morgan fingerprint density at radius 2 is 2.00 bits per heavy atom. The van der Waals surface area contributed by atoms with Crippen LogP contribution in [0.3, 0.4) is 0 Å². The monoisotopic (exact) mass is 425 g/mol. The number of fused-ring (bicyclic) bond motifs is 1. The number of methoxy groups -OCH3 is 2. The van der Waals surface area contributed by atoms with Crippen LogP contribution in [-0.4, -0.2) is 42.2 Å². The first-order chi connectivity index (χ1) is 14.7. The smallest absolute Gasteiger partial charge is 0.268 e. The standard InChI is InChI=1S/C22H23N3O4S/c1-27-11-9-25(13-17-4-3-10-29-17)14-20-23-18-12-19(30-21(18)22(26)24-20)15-5-7-16(28-2)8-6-15/h3-8,10,12H,9,11,13-14H2,1-2H3,(H,23,24,26). The zero-order valence-electron chi connectivity index (χ0n) is 16.9. The van der Waals surface area contributed by atoms with Crippen molar-refractivity contribution in [1.82, 2.24) is 14.9 Å². The highest BCUT2D eigenvalue weighted by Crippen LogP contribution is 2.31. The molecule has 4 rings (SSSR count). The molecule has 3 aromatic heterocycles. The Hall–Kier alpha value is -2.94. The molecule has 30 heavy (non-hydrogen) atoms. The van der Waals surface area contributed by atoms with Crippen LogP contribution in [0.5, 0.6) is 5.75 Å². The number of benzene rings is 1. The molecular weight excluding hydrogens is 402 g/mol. The number of hydrogen-bond acceptors (Lipinski definition) is 7. The Kier molecular flexibility index (Phi) is 6.27. The van der Waals surface area contributed by atoms with Gasteiger partial charge in [0.1, 0.15) is 22.0 Å². The third-order valence-corrected chi connectivity index (χ3v) is 5.92. The lowest BCUT2D eigenvalue weighted by Crippen LogP contribution is -2.28. The summed E-state index contributed by atoms with van der Waals surface area (Å²) in [6, 6.07) is 13.5. The fraction of sp³-hybridized carbons (Fsp3) is 0.273. The molecule has 0 aliphatic heterocycles. The molecule has 0 saturated heterocycles. The van der Waals surface area contributed by atoms with Crippen molar-refractivity contribution in [3.63, 3.8) is 0 Å². The molecule has 0 aliphatic rings. The molecule has 1 aromatic carbocycles. The molecule has 0 bridgehead atoms. The lowest BCUT2D eigenvalue weighted by Gasteiger charge is -2.20. The summed E-state index contributed by atoms with van der Waals surface area (Å²) in [5.41, 5.74) is 1.61. The number of hydrogen-bond donors (Lipinski definition) is 1. The van der Waals surface area contributed by atoms with Gasteiger partial charge < -0.3 is 18.9 Å². The van der Waals surface area contributed by atoms with Crippen molar-refractivity contribution in [3.8, 4) is 16.2 Å². The van der Waals surface area contributed by atoms with Crippen LogP contribution < -0.4 is 10.3 Å². The van der Waals surface area contributed by atoms with Crippen molar-refractivity contribution >= 4 is 21.6 Å². The van der Waals surface area contributed by atoms with Crippen LogP contribution in [-0.2, 0) is 17.8 Å². The van der Waals surface area contributed by atoms with Crippen LogP contribution in [0.15, 0.2) is 57.9 Å². The van der Waals surface area contributed by atoms with E-state index in [1.807, 2.05) is 42.5 Å². The highest BCUT2D eigenvalue weighted by Gasteiger charge is 2.14. The molecule has 3 heterocycles. The summed E-state index contributed by atoms with van der Waals surface area (Å²) in [6.07, 6.45) is 1.65. The van der Waals surface area contributed by atoms with Gasteiger partial charge in [-0.3, -0.25) is 9.69 Å². The van der Waals surface area contributed by atoms with Gasteiger partial charge in [0.25, 0.3) is 5.56 Å². The molecule has 0 spiro atoms. The fourth-order valence-corrected chi connectivity index (χ4v) is 4.23. The molecule has 8 heteroatoms. The van der Waals surface area contributed by atoms with Crippen LogP contribution in [0.4, 0.5) is 0 Å². The topological polar surface area (TPSA) is 80.6 Å². The number of furan rings is 1. The first-order valence-corrected chi connectivity index (χ1v) is 10.4. The van der Waals surface area contributed by atoms with Gasteiger partial charge in [-0.2, -0.15) is 0 Å². The summed E-state index contributed by atoms with van der Waals surface area (Å²) >= 11 is 1.44. The normalized spacial score (nSPS) is 11.4. The molecule has 0 radical (unpaired) electrons. The second-order valence-electron chi connectivity index (χ2n) is 6.85. The van der Waals surface area contributed by atoms with Crippen molar-refractivity contribution in [3.05, 3.63) is 70.7 Å². The van der Waals surface area contributed by atoms with Crippen molar-refractivity contribution in [1.29, 1.82) is 0 Å².